The molecule has 0 aromatic carbocycles. The van der Waals surface area contributed by atoms with Crippen LogP contribution in [-0.2, 0) is 23.9 Å². The molecule has 0 spiro atoms. The van der Waals surface area contributed by atoms with Crippen molar-refractivity contribution in [3.63, 3.8) is 0 Å². The molecule has 1 atom stereocenters. The number of unbranched alkanes of at least 4 members (excludes halogenated alkanes) is 1. The van der Waals surface area contributed by atoms with Crippen LogP contribution in [0.3, 0.4) is 0 Å². The highest BCUT2D eigenvalue weighted by atomic mass is 16.6. The third kappa shape index (κ3) is 4.85. The van der Waals surface area contributed by atoms with Gasteiger partial charge in [0.25, 0.3) is 5.91 Å². The van der Waals surface area contributed by atoms with Crippen LogP contribution in [0.5, 0.6) is 0 Å². The maximum atomic E-state index is 12.8. The summed E-state index contributed by atoms with van der Waals surface area (Å²) < 4.78 is 10.4. The summed E-state index contributed by atoms with van der Waals surface area (Å²) in [5.41, 5.74) is -0.518. The van der Waals surface area contributed by atoms with Gasteiger partial charge in [0.2, 0.25) is 0 Å². The van der Waals surface area contributed by atoms with Crippen molar-refractivity contribution in [2.45, 2.75) is 59.1 Å². The van der Waals surface area contributed by atoms with Crippen molar-refractivity contribution in [2.75, 3.05) is 19.7 Å². The third-order valence-corrected chi connectivity index (χ3v) is 4.06. The number of nitrogens with one attached hydrogen (secondary N) is 1. The number of ether oxygens (including phenoxy) is 2. The zero-order valence-corrected chi connectivity index (χ0v) is 16.5. The Hall–Kier alpha value is -2.42. The fourth-order valence-corrected chi connectivity index (χ4v) is 2.85. The van der Waals surface area contributed by atoms with Gasteiger partial charge in [-0.25, -0.2) is 19.6 Å². The van der Waals surface area contributed by atoms with Gasteiger partial charge in [0.05, 0.1) is 6.61 Å². The van der Waals surface area contributed by atoms with Gasteiger partial charge in [-0.2, -0.15) is 0 Å². The van der Waals surface area contributed by atoms with Crippen LogP contribution in [-0.4, -0.2) is 65.1 Å². The standard InChI is InChI=1S/C18H27N3O6/c1-6-7-8-26-16(24)14-12(11(2)22)9-20-10-13(15(23)21(14)20)19-17(25)27-18(3,4)5/h13H,6-10H2,1-5H3,(H,19,25). The molecule has 0 aromatic rings. The van der Waals surface area contributed by atoms with E-state index in [0.717, 1.165) is 11.4 Å². The molecule has 0 radical (unpaired) electrons. The predicted molar refractivity (Wildman–Crippen MR) is 95.2 cm³/mol. The number of carbonyl (C=O) groups excluding carboxylic acids is 4. The van der Waals surface area contributed by atoms with E-state index in [2.05, 4.69) is 5.32 Å². The number of hydrogen-bond acceptors (Lipinski definition) is 7. The maximum absolute atomic E-state index is 12.8. The van der Waals surface area contributed by atoms with Crippen LogP contribution >= 0.6 is 0 Å². The first-order chi connectivity index (χ1) is 12.5. The Morgan fingerprint density at radius 2 is 1.93 bits per heavy atom. The molecule has 1 fully saturated rings. The van der Waals surface area contributed by atoms with Gasteiger partial charge in [0.1, 0.15) is 11.6 Å². The minimum atomic E-state index is -0.869. The summed E-state index contributed by atoms with van der Waals surface area (Å²) in [6.07, 6.45) is 0.823. The molecule has 150 valence electrons. The maximum Gasteiger partial charge on any atom is 0.408 e. The highest BCUT2D eigenvalue weighted by Crippen LogP contribution is 2.30. The summed E-state index contributed by atoms with van der Waals surface area (Å²) >= 11 is 0. The van der Waals surface area contributed by atoms with E-state index in [1.165, 1.54) is 6.92 Å². The zero-order chi connectivity index (χ0) is 20.4. The lowest BCUT2D eigenvalue weighted by molar-refractivity contribution is -0.147. The SMILES string of the molecule is CCCCOC(=O)C1=C(C(C)=O)CN2CC(NC(=O)OC(C)(C)C)C(=O)N12. The van der Waals surface area contributed by atoms with E-state index < -0.39 is 29.6 Å². The van der Waals surface area contributed by atoms with Crippen LogP contribution < -0.4 is 5.32 Å². The molecule has 0 bridgehead atoms. The molecular weight excluding hydrogens is 354 g/mol. The molecule has 27 heavy (non-hydrogen) atoms. The van der Waals surface area contributed by atoms with Gasteiger partial charge in [0, 0.05) is 18.7 Å². The number of nitrogens with zero attached hydrogens (tertiary/aromatic N) is 2. The Kier molecular flexibility index (Phi) is 6.25. The van der Waals surface area contributed by atoms with Crippen molar-refractivity contribution < 1.29 is 28.7 Å². The molecule has 9 nitrogen and oxygen atoms in total. The lowest BCUT2D eigenvalue weighted by Crippen LogP contribution is -2.45. The predicted octanol–water partition coefficient (Wildman–Crippen LogP) is 1.14. The zero-order valence-electron chi connectivity index (χ0n) is 16.5. The van der Waals surface area contributed by atoms with Crippen molar-refractivity contribution in [2.24, 2.45) is 0 Å². The Bertz CT molecular complexity index is 679. The van der Waals surface area contributed by atoms with Crippen molar-refractivity contribution in [3.05, 3.63) is 11.3 Å². The molecule has 1 N–H and O–H groups in total. The number of esters is 1. The molecule has 9 heteroatoms. The Labute approximate surface area is 158 Å². The van der Waals surface area contributed by atoms with E-state index in [0.29, 0.717) is 6.42 Å². The summed E-state index contributed by atoms with van der Waals surface area (Å²) in [5.74, 6) is -1.50. The molecule has 2 heterocycles. The van der Waals surface area contributed by atoms with E-state index in [1.54, 1.807) is 25.8 Å². The quantitative estimate of drug-likeness (QED) is 0.543. The first-order valence-corrected chi connectivity index (χ1v) is 9.04. The number of fused-ring (bicyclic) bond motifs is 1. The number of ketones is 1. The van der Waals surface area contributed by atoms with E-state index >= 15 is 0 Å². The van der Waals surface area contributed by atoms with Gasteiger partial charge in [-0.15, -0.1) is 0 Å². The Morgan fingerprint density at radius 3 is 2.48 bits per heavy atom. The van der Waals surface area contributed by atoms with Gasteiger partial charge >= 0.3 is 12.1 Å². The normalized spacial score (nSPS) is 20.0. The summed E-state index contributed by atoms with van der Waals surface area (Å²) in [6.45, 7) is 8.93. The minimum Gasteiger partial charge on any atom is -0.461 e. The van der Waals surface area contributed by atoms with Gasteiger partial charge in [-0.3, -0.25) is 9.59 Å². The lowest BCUT2D eigenvalue weighted by atomic mass is 10.1. The van der Waals surface area contributed by atoms with Crippen LogP contribution in [0.4, 0.5) is 4.79 Å². The fraction of sp³-hybridized carbons (Fsp3) is 0.667. The van der Waals surface area contributed by atoms with Gasteiger partial charge < -0.3 is 14.8 Å². The number of Topliss-reactive ketones (excluding diaryl/α,β-unsaturated/α-hetero) is 1. The molecule has 0 saturated carbocycles. The molecule has 0 aromatic heterocycles. The fourth-order valence-electron chi connectivity index (χ4n) is 2.85. The lowest BCUT2D eigenvalue weighted by Gasteiger charge is -2.21. The average Bonchev–Trinajstić information content (AvgIpc) is 3.03. The van der Waals surface area contributed by atoms with Crippen molar-refractivity contribution in [1.29, 1.82) is 0 Å². The van der Waals surface area contributed by atoms with E-state index in [9.17, 15) is 19.2 Å². The molecule has 2 aliphatic heterocycles. The molecule has 0 aliphatic carbocycles. The average molecular weight is 381 g/mol. The molecule has 1 saturated heterocycles. The smallest absolute Gasteiger partial charge is 0.408 e. The van der Waals surface area contributed by atoms with Crippen LogP contribution in [0.25, 0.3) is 0 Å². The second kappa shape index (κ2) is 8.08. The number of carbonyl (C=O) groups is 4. The molecule has 2 rings (SSSR count). The molecular formula is C18H27N3O6. The van der Waals surface area contributed by atoms with Gasteiger partial charge in [-0.1, -0.05) is 13.3 Å². The van der Waals surface area contributed by atoms with Crippen molar-refractivity contribution in [1.82, 2.24) is 15.3 Å². The summed E-state index contributed by atoms with van der Waals surface area (Å²) in [6, 6.07) is -0.869. The third-order valence-electron chi connectivity index (χ3n) is 4.06. The molecule has 2 aliphatic rings. The number of hydrogen-bond donors (Lipinski definition) is 1. The van der Waals surface area contributed by atoms with E-state index in [-0.39, 0.29) is 36.7 Å². The second-order valence-electron chi connectivity index (χ2n) is 7.57. The Balaban J connectivity index is 2.15. The first-order valence-electron chi connectivity index (χ1n) is 9.04. The van der Waals surface area contributed by atoms with E-state index in [1.807, 2.05) is 6.92 Å². The Morgan fingerprint density at radius 1 is 1.26 bits per heavy atom. The minimum absolute atomic E-state index is 0.0582. The topological polar surface area (TPSA) is 105 Å². The first kappa shape index (κ1) is 20.9. The van der Waals surface area contributed by atoms with Crippen LogP contribution in [0.15, 0.2) is 11.3 Å². The number of alkyl carbamates (subject to hydrolysis) is 1. The summed E-state index contributed by atoms with van der Waals surface area (Å²) in [7, 11) is 0. The van der Waals surface area contributed by atoms with E-state index in [4.69, 9.17) is 9.47 Å². The summed E-state index contributed by atoms with van der Waals surface area (Å²) in [5, 5.41) is 5.21. The second-order valence-corrected chi connectivity index (χ2v) is 7.57. The number of hydrazine groups is 1. The number of rotatable bonds is 6. The van der Waals surface area contributed by atoms with Crippen molar-refractivity contribution in [3.8, 4) is 0 Å². The van der Waals surface area contributed by atoms with Crippen LogP contribution in [0, 0.1) is 0 Å². The van der Waals surface area contributed by atoms with Gasteiger partial charge in [-0.05, 0) is 34.1 Å². The monoisotopic (exact) mass is 381 g/mol. The highest BCUT2D eigenvalue weighted by molar-refractivity contribution is 6.07. The van der Waals surface area contributed by atoms with Crippen molar-refractivity contribution >= 4 is 23.8 Å². The van der Waals surface area contributed by atoms with Crippen LogP contribution in [0.1, 0.15) is 47.5 Å². The van der Waals surface area contributed by atoms with Gasteiger partial charge in [0.15, 0.2) is 11.5 Å². The molecule has 1 unspecified atom stereocenters. The highest BCUT2D eigenvalue weighted by Gasteiger charge is 2.49. The summed E-state index contributed by atoms with van der Waals surface area (Å²) in [4.78, 5) is 49.1. The molecule has 2 amide bonds. The van der Waals surface area contributed by atoms with Crippen LogP contribution in [0.2, 0.25) is 0 Å². The number of amides is 2. The largest absolute Gasteiger partial charge is 0.461 e.